The molecule has 1 aromatic carbocycles. The summed E-state index contributed by atoms with van der Waals surface area (Å²) in [6, 6.07) is 10.4. The van der Waals surface area contributed by atoms with Crippen molar-refractivity contribution >= 4 is 29.0 Å². The molecular weight excluding hydrogens is 360 g/mol. The molecule has 3 aliphatic rings. The molecule has 0 radical (unpaired) electrons. The fourth-order valence-electron chi connectivity index (χ4n) is 4.30. The van der Waals surface area contributed by atoms with E-state index in [1.54, 1.807) is 0 Å². The first kappa shape index (κ1) is 17.0. The number of carbonyl (C=O) groups is 1. The van der Waals surface area contributed by atoms with Crippen LogP contribution in [0.3, 0.4) is 0 Å². The van der Waals surface area contributed by atoms with E-state index in [4.69, 9.17) is 16.6 Å². The highest BCUT2D eigenvalue weighted by Crippen LogP contribution is 2.44. The predicted molar refractivity (Wildman–Crippen MR) is 106 cm³/mol. The molecule has 140 valence electrons. The number of para-hydroxylation sites is 1. The van der Waals surface area contributed by atoms with Gasteiger partial charge in [0.05, 0.1) is 0 Å². The molecule has 2 fully saturated rings. The molecule has 0 bridgehead atoms. The van der Waals surface area contributed by atoms with Crippen LogP contribution in [-0.2, 0) is 4.79 Å². The molecule has 1 aromatic heterocycles. The number of hydrogen-bond donors (Lipinski definition) is 0. The smallest absolute Gasteiger partial charge is 0.222 e. The number of anilines is 2. The fraction of sp³-hybridized carbons (Fsp3) is 0.476. The minimum atomic E-state index is 0.301. The summed E-state index contributed by atoms with van der Waals surface area (Å²) < 4.78 is 0. The second-order valence-electron chi connectivity index (χ2n) is 7.82. The molecule has 2 aliphatic heterocycles. The molecule has 1 atom stereocenters. The Bertz CT molecular complexity index is 882. The average molecular weight is 383 g/mol. The van der Waals surface area contributed by atoms with Gasteiger partial charge in [-0.3, -0.25) is 4.79 Å². The third kappa shape index (κ3) is 3.29. The zero-order valence-corrected chi connectivity index (χ0v) is 16.0. The number of likely N-dealkylation sites (tertiary alicyclic amines) is 1. The summed E-state index contributed by atoms with van der Waals surface area (Å²) in [6.45, 7) is 2.62. The van der Waals surface area contributed by atoms with Crippen molar-refractivity contribution in [2.45, 2.75) is 43.9 Å². The van der Waals surface area contributed by atoms with Crippen LogP contribution >= 0.6 is 11.6 Å². The van der Waals surface area contributed by atoms with Crippen LogP contribution in [0.4, 0.5) is 11.5 Å². The summed E-state index contributed by atoms with van der Waals surface area (Å²) in [7, 11) is 0. The number of halogens is 1. The van der Waals surface area contributed by atoms with Gasteiger partial charge in [0.1, 0.15) is 16.8 Å². The number of rotatable bonds is 5. The third-order valence-electron chi connectivity index (χ3n) is 5.91. The van der Waals surface area contributed by atoms with E-state index >= 15 is 0 Å². The van der Waals surface area contributed by atoms with Crippen molar-refractivity contribution in [1.29, 1.82) is 0 Å². The van der Waals surface area contributed by atoms with Crippen molar-refractivity contribution in [2.75, 3.05) is 24.5 Å². The van der Waals surface area contributed by atoms with Gasteiger partial charge in [0.2, 0.25) is 5.91 Å². The van der Waals surface area contributed by atoms with Crippen LogP contribution < -0.4 is 4.90 Å². The van der Waals surface area contributed by atoms with E-state index in [-0.39, 0.29) is 0 Å². The summed E-state index contributed by atoms with van der Waals surface area (Å²) >= 11 is 6.31. The van der Waals surface area contributed by atoms with Crippen LogP contribution in [0.5, 0.6) is 0 Å². The lowest BCUT2D eigenvalue weighted by Gasteiger charge is -2.21. The average Bonchev–Trinajstić information content (AvgIpc) is 3.35. The standard InChI is InChI=1S/C21H23ClN4O/c22-18-12-19(24-21(23-18)14-7-8-14)26-13-15(16-4-1-2-5-17(16)26)9-11-25-10-3-6-20(25)27/h1-2,4-5,12,14-15H,3,6-11,13H2. The molecular formula is C21H23ClN4O. The number of fused-ring (bicyclic) bond motifs is 1. The van der Waals surface area contributed by atoms with E-state index in [1.807, 2.05) is 11.0 Å². The van der Waals surface area contributed by atoms with Crippen molar-refractivity contribution < 1.29 is 4.79 Å². The highest BCUT2D eigenvalue weighted by molar-refractivity contribution is 6.29. The van der Waals surface area contributed by atoms with Crippen LogP contribution in [0, 0.1) is 0 Å². The first-order valence-electron chi connectivity index (χ1n) is 9.88. The van der Waals surface area contributed by atoms with Crippen molar-refractivity contribution in [3.8, 4) is 0 Å². The first-order valence-corrected chi connectivity index (χ1v) is 10.3. The Hall–Kier alpha value is -2.14. The van der Waals surface area contributed by atoms with E-state index in [0.717, 1.165) is 57.0 Å². The normalized spacial score (nSPS) is 21.8. The minimum Gasteiger partial charge on any atom is -0.343 e. The van der Waals surface area contributed by atoms with Crippen molar-refractivity contribution in [3.05, 3.63) is 46.9 Å². The number of aromatic nitrogens is 2. The Morgan fingerprint density at radius 1 is 1.19 bits per heavy atom. The van der Waals surface area contributed by atoms with E-state index in [9.17, 15) is 4.79 Å². The number of carbonyl (C=O) groups excluding carboxylic acids is 1. The summed E-state index contributed by atoms with van der Waals surface area (Å²) in [4.78, 5) is 25.5. The second kappa shape index (κ2) is 6.79. The van der Waals surface area contributed by atoms with Gasteiger partial charge < -0.3 is 9.80 Å². The zero-order chi connectivity index (χ0) is 18.4. The lowest BCUT2D eigenvalue weighted by Crippen LogP contribution is -2.27. The molecule has 1 unspecified atom stereocenters. The van der Waals surface area contributed by atoms with Crippen LogP contribution in [0.15, 0.2) is 30.3 Å². The Morgan fingerprint density at radius 2 is 2.04 bits per heavy atom. The van der Waals surface area contributed by atoms with Gasteiger partial charge in [0.25, 0.3) is 0 Å². The molecule has 27 heavy (non-hydrogen) atoms. The number of hydrogen-bond acceptors (Lipinski definition) is 4. The summed E-state index contributed by atoms with van der Waals surface area (Å²) in [6.07, 6.45) is 4.99. The molecule has 3 heterocycles. The fourth-order valence-corrected chi connectivity index (χ4v) is 4.48. The first-order chi connectivity index (χ1) is 13.2. The SMILES string of the molecule is O=C1CCCN1CCC1CN(c2cc(Cl)nc(C3CC3)n2)c2ccccc21. The van der Waals surface area contributed by atoms with Gasteiger partial charge in [-0.05, 0) is 37.3 Å². The van der Waals surface area contributed by atoms with Crippen molar-refractivity contribution in [2.24, 2.45) is 0 Å². The lowest BCUT2D eigenvalue weighted by molar-refractivity contribution is -0.127. The number of benzene rings is 1. The molecule has 5 nitrogen and oxygen atoms in total. The second-order valence-corrected chi connectivity index (χ2v) is 8.21. The lowest BCUT2D eigenvalue weighted by atomic mass is 9.98. The Balaban J connectivity index is 1.40. The van der Waals surface area contributed by atoms with Gasteiger partial charge in [-0.2, -0.15) is 0 Å². The molecule has 5 rings (SSSR count). The summed E-state index contributed by atoms with van der Waals surface area (Å²) in [5.74, 6) is 2.94. The van der Waals surface area contributed by atoms with Crippen LogP contribution in [0.2, 0.25) is 5.15 Å². The van der Waals surface area contributed by atoms with Gasteiger partial charge in [-0.1, -0.05) is 29.8 Å². The minimum absolute atomic E-state index is 0.301. The molecule has 6 heteroatoms. The van der Waals surface area contributed by atoms with Crippen molar-refractivity contribution in [1.82, 2.24) is 14.9 Å². The third-order valence-corrected chi connectivity index (χ3v) is 6.10. The molecule has 0 spiro atoms. The van der Waals surface area contributed by atoms with Gasteiger partial charge in [-0.15, -0.1) is 0 Å². The molecule has 1 saturated heterocycles. The van der Waals surface area contributed by atoms with Gasteiger partial charge >= 0.3 is 0 Å². The Morgan fingerprint density at radius 3 is 2.81 bits per heavy atom. The predicted octanol–water partition coefficient (Wildman–Crippen LogP) is 4.26. The van der Waals surface area contributed by atoms with Gasteiger partial charge in [0.15, 0.2) is 0 Å². The van der Waals surface area contributed by atoms with Crippen LogP contribution in [-0.4, -0.2) is 40.4 Å². The van der Waals surface area contributed by atoms with E-state index in [2.05, 4.69) is 34.1 Å². The quantitative estimate of drug-likeness (QED) is 0.725. The van der Waals surface area contributed by atoms with Crippen LogP contribution in [0.1, 0.15) is 55.3 Å². The topological polar surface area (TPSA) is 49.3 Å². The molecule has 1 saturated carbocycles. The van der Waals surface area contributed by atoms with E-state index in [0.29, 0.717) is 29.3 Å². The van der Waals surface area contributed by atoms with E-state index < -0.39 is 0 Å². The molecule has 2 aromatic rings. The molecule has 0 N–H and O–H groups in total. The monoisotopic (exact) mass is 382 g/mol. The van der Waals surface area contributed by atoms with E-state index in [1.165, 1.54) is 11.3 Å². The Labute approximate surface area is 164 Å². The van der Waals surface area contributed by atoms with Crippen molar-refractivity contribution in [3.63, 3.8) is 0 Å². The summed E-state index contributed by atoms with van der Waals surface area (Å²) in [5, 5.41) is 0.519. The highest BCUT2D eigenvalue weighted by atomic mass is 35.5. The van der Waals surface area contributed by atoms with Gasteiger partial charge in [-0.25, -0.2) is 9.97 Å². The highest BCUT2D eigenvalue weighted by Gasteiger charge is 2.33. The largest absolute Gasteiger partial charge is 0.343 e. The summed E-state index contributed by atoms with van der Waals surface area (Å²) in [5.41, 5.74) is 2.54. The zero-order valence-electron chi connectivity index (χ0n) is 15.3. The number of amides is 1. The number of nitrogens with zero attached hydrogens (tertiary/aromatic N) is 4. The van der Waals surface area contributed by atoms with Gasteiger partial charge in [0, 0.05) is 49.6 Å². The molecule has 1 amide bonds. The maximum atomic E-state index is 11.9. The molecule has 1 aliphatic carbocycles. The van der Waals surface area contributed by atoms with Crippen LogP contribution in [0.25, 0.3) is 0 Å². The maximum absolute atomic E-state index is 11.9. The maximum Gasteiger partial charge on any atom is 0.222 e. The Kier molecular flexibility index (Phi) is 4.27.